The largest absolute Gasteiger partial charge is 0.507 e. The van der Waals surface area contributed by atoms with Crippen LogP contribution in [0.4, 0.5) is 0 Å². The molecule has 0 bridgehead atoms. The molecule has 1 aliphatic heterocycles. The summed E-state index contributed by atoms with van der Waals surface area (Å²) in [5, 5.41) is 9.89. The summed E-state index contributed by atoms with van der Waals surface area (Å²) in [6.07, 6.45) is 1.77. The number of nitrogens with zero attached hydrogens (tertiary/aromatic N) is 2. The van der Waals surface area contributed by atoms with Crippen molar-refractivity contribution in [2.75, 3.05) is 6.61 Å². The smallest absolute Gasteiger partial charge is 0.338 e. The molecule has 1 N–H and O–H groups in total. The van der Waals surface area contributed by atoms with Crippen molar-refractivity contribution in [1.29, 1.82) is 0 Å². The van der Waals surface area contributed by atoms with Gasteiger partial charge in [0.1, 0.15) is 5.75 Å². The Balaban J connectivity index is 1.81. The molecule has 0 radical (unpaired) electrons. The molecule has 39 heavy (non-hydrogen) atoms. The highest BCUT2D eigenvalue weighted by molar-refractivity contribution is 9.10. The van der Waals surface area contributed by atoms with Gasteiger partial charge < -0.3 is 9.84 Å². The summed E-state index contributed by atoms with van der Waals surface area (Å²) in [4.78, 5) is 32.8. The van der Waals surface area contributed by atoms with Crippen molar-refractivity contribution < 1.29 is 14.6 Å². The van der Waals surface area contributed by atoms with Crippen LogP contribution < -0.4 is 14.9 Å². The van der Waals surface area contributed by atoms with E-state index in [9.17, 15) is 14.7 Å². The number of hydrogen-bond acceptors (Lipinski definition) is 6. The van der Waals surface area contributed by atoms with E-state index in [-0.39, 0.29) is 17.9 Å². The Labute approximate surface area is 238 Å². The zero-order chi connectivity index (χ0) is 27.7. The second-order valence-corrected chi connectivity index (χ2v) is 11.3. The van der Waals surface area contributed by atoms with Crippen LogP contribution in [-0.2, 0) is 9.53 Å². The summed E-state index contributed by atoms with van der Waals surface area (Å²) in [5.74, 6) is -0.0505. The first-order valence-electron chi connectivity index (χ1n) is 12.6. The zero-order valence-corrected chi connectivity index (χ0v) is 24.1. The average molecular weight is 604 g/mol. The lowest BCUT2D eigenvalue weighted by Crippen LogP contribution is -2.40. The van der Waals surface area contributed by atoms with E-state index in [4.69, 9.17) is 9.73 Å². The zero-order valence-electron chi connectivity index (χ0n) is 21.7. The van der Waals surface area contributed by atoms with Gasteiger partial charge in [-0.05, 0) is 63.7 Å². The molecule has 1 atom stereocenters. The fraction of sp³-hybridized carbons (Fsp3) is 0.194. The summed E-state index contributed by atoms with van der Waals surface area (Å²) < 4.78 is 8.11. The second kappa shape index (κ2) is 11.2. The maximum atomic E-state index is 13.9. The van der Waals surface area contributed by atoms with Gasteiger partial charge in [-0.1, -0.05) is 85.8 Å². The Morgan fingerprint density at radius 2 is 1.85 bits per heavy atom. The number of ether oxygens (including phenoxy) is 1. The molecule has 0 aliphatic carbocycles. The number of fused-ring (bicyclic) bond motifs is 1. The van der Waals surface area contributed by atoms with E-state index < -0.39 is 12.0 Å². The number of halogens is 1. The molecule has 0 saturated heterocycles. The van der Waals surface area contributed by atoms with Gasteiger partial charge in [0.05, 0.1) is 32.9 Å². The van der Waals surface area contributed by atoms with E-state index in [1.165, 1.54) is 11.3 Å². The van der Waals surface area contributed by atoms with Crippen LogP contribution in [0.2, 0.25) is 0 Å². The van der Waals surface area contributed by atoms with Crippen molar-refractivity contribution in [3.8, 4) is 5.75 Å². The standard InChI is InChI=1S/C31H27BrN2O4S/c1-4-38-30(37)26-27(21-8-6-5-7-9-21)33-31-34(28(26)22-13-11-20(12-14-22)18(2)3)29(36)25(39-31)17-19-10-15-24(35)23(32)16-19/h5-18,28,35H,4H2,1-3H3/b25-17-/t28-/m0/s1. The summed E-state index contributed by atoms with van der Waals surface area (Å²) in [6.45, 7) is 6.20. The number of rotatable bonds is 6. The van der Waals surface area contributed by atoms with Crippen LogP contribution in [0.25, 0.3) is 11.8 Å². The first-order valence-corrected chi connectivity index (χ1v) is 14.3. The Hall–Kier alpha value is -3.75. The third-order valence-corrected chi connectivity index (χ3v) is 8.18. The molecule has 1 aromatic heterocycles. The van der Waals surface area contributed by atoms with Gasteiger partial charge in [0, 0.05) is 5.56 Å². The number of phenols is 1. The third-order valence-electron chi connectivity index (χ3n) is 6.56. The van der Waals surface area contributed by atoms with Crippen molar-refractivity contribution in [2.24, 2.45) is 4.99 Å². The van der Waals surface area contributed by atoms with Gasteiger partial charge >= 0.3 is 5.97 Å². The van der Waals surface area contributed by atoms with Crippen molar-refractivity contribution >= 4 is 45.0 Å². The van der Waals surface area contributed by atoms with Crippen molar-refractivity contribution in [1.82, 2.24) is 4.57 Å². The lowest BCUT2D eigenvalue weighted by Gasteiger charge is -2.26. The van der Waals surface area contributed by atoms with Gasteiger partial charge in [-0.3, -0.25) is 9.36 Å². The van der Waals surface area contributed by atoms with Gasteiger partial charge in [-0.15, -0.1) is 0 Å². The average Bonchev–Trinajstić information content (AvgIpc) is 3.24. The van der Waals surface area contributed by atoms with E-state index >= 15 is 0 Å². The van der Waals surface area contributed by atoms with Crippen LogP contribution in [0.3, 0.4) is 0 Å². The normalized spacial score (nSPS) is 15.3. The Morgan fingerprint density at radius 3 is 2.49 bits per heavy atom. The number of thiazole rings is 1. The molecule has 0 amide bonds. The lowest BCUT2D eigenvalue weighted by molar-refractivity contribution is -0.138. The van der Waals surface area contributed by atoms with E-state index in [1.807, 2.05) is 54.6 Å². The fourth-order valence-electron chi connectivity index (χ4n) is 4.58. The molecule has 3 aromatic carbocycles. The highest BCUT2D eigenvalue weighted by Crippen LogP contribution is 2.35. The highest BCUT2D eigenvalue weighted by Gasteiger charge is 2.35. The first-order chi connectivity index (χ1) is 18.8. The number of aromatic hydroxyl groups is 1. The molecule has 4 aromatic rings. The number of aromatic nitrogens is 1. The Kier molecular flexibility index (Phi) is 7.68. The molecule has 6 nitrogen and oxygen atoms in total. The number of esters is 1. The minimum Gasteiger partial charge on any atom is -0.507 e. The lowest BCUT2D eigenvalue weighted by atomic mass is 9.91. The van der Waals surface area contributed by atoms with E-state index in [0.29, 0.717) is 31.0 Å². The highest BCUT2D eigenvalue weighted by atomic mass is 79.9. The van der Waals surface area contributed by atoms with Gasteiger partial charge in [0.2, 0.25) is 0 Å². The van der Waals surface area contributed by atoms with E-state index in [2.05, 4.69) is 29.8 Å². The predicted octanol–water partition coefficient (Wildman–Crippen LogP) is 5.53. The SMILES string of the molecule is CCOC(=O)C1=C(c2ccccc2)N=c2s/c(=C\c3ccc(O)c(Br)c3)c(=O)n2[C@H]1c1ccc(C(C)C)cc1. The molecular formula is C31H27BrN2O4S. The van der Waals surface area contributed by atoms with Crippen molar-refractivity contribution in [3.05, 3.63) is 125 Å². The van der Waals surface area contributed by atoms with Crippen molar-refractivity contribution in [2.45, 2.75) is 32.7 Å². The molecule has 0 fully saturated rings. The summed E-state index contributed by atoms with van der Waals surface area (Å²) in [5.41, 5.74) is 4.04. The van der Waals surface area contributed by atoms with Crippen molar-refractivity contribution in [3.63, 3.8) is 0 Å². The van der Waals surface area contributed by atoms with Gasteiger partial charge in [0.25, 0.3) is 5.56 Å². The Morgan fingerprint density at radius 1 is 1.13 bits per heavy atom. The number of carbonyl (C=O) groups is 1. The summed E-state index contributed by atoms with van der Waals surface area (Å²) in [6, 6.07) is 21.9. The molecule has 0 saturated carbocycles. The van der Waals surface area contributed by atoms with Crippen LogP contribution in [0, 0.1) is 0 Å². The van der Waals surface area contributed by atoms with Crippen LogP contribution in [-0.4, -0.2) is 22.2 Å². The monoisotopic (exact) mass is 602 g/mol. The molecule has 0 spiro atoms. The van der Waals surface area contributed by atoms with Crippen LogP contribution >= 0.6 is 27.3 Å². The maximum absolute atomic E-state index is 13.9. The number of phenolic OH excluding ortho intramolecular Hbond substituents is 1. The molecule has 2 heterocycles. The van der Waals surface area contributed by atoms with Crippen LogP contribution in [0.5, 0.6) is 5.75 Å². The number of benzene rings is 3. The third kappa shape index (κ3) is 5.27. The first kappa shape index (κ1) is 26.8. The van der Waals surface area contributed by atoms with E-state index in [1.54, 1.807) is 35.8 Å². The molecule has 5 rings (SSSR count). The van der Waals surface area contributed by atoms with Gasteiger partial charge in [-0.2, -0.15) is 0 Å². The van der Waals surface area contributed by atoms with Crippen LogP contribution in [0.15, 0.2) is 92.6 Å². The van der Waals surface area contributed by atoms with Gasteiger partial charge in [-0.25, -0.2) is 9.79 Å². The van der Waals surface area contributed by atoms with E-state index in [0.717, 1.165) is 22.3 Å². The van der Waals surface area contributed by atoms with Crippen LogP contribution in [0.1, 0.15) is 55.0 Å². The molecule has 8 heteroatoms. The predicted molar refractivity (Wildman–Crippen MR) is 157 cm³/mol. The molecule has 198 valence electrons. The molecule has 0 unspecified atom stereocenters. The number of carbonyl (C=O) groups excluding carboxylic acids is 1. The quantitative estimate of drug-likeness (QED) is 0.294. The number of hydrogen-bond donors (Lipinski definition) is 1. The minimum absolute atomic E-state index is 0.116. The topological polar surface area (TPSA) is 80.9 Å². The summed E-state index contributed by atoms with van der Waals surface area (Å²) >= 11 is 4.60. The minimum atomic E-state index is -0.717. The molecular weight excluding hydrogens is 576 g/mol. The Bertz CT molecular complexity index is 1750. The maximum Gasteiger partial charge on any atom is 0.338 e. The second-order valence-electron chi connectivity index (χ2n) is 9.46. The van der Waals surface area contributed by atoms with Gasteiger partial charge in [0.15, 0.2) is 4.80 Å². The fourth-order valence-corrected chi connectivity index (χ4v) is 5.98. The molecule has 1 aliphatic rings. The summed E-state index contributed by atoms with van der Waals surface area (Å²) in [7, 11) is 0.